The largest absolute Gasteiger partial charge is 0.385 e. The smallest absolute Gasteiger partial charge is 0.242 e. The molecule has 0 aromatic heterocycles. The third-order valence-corrected chi connectivity index (χ3v) is 5.45. The van der Waals surface area contributed by atoms with Crippen molar-refractivity contribution in [3.63, 3.8) is 0 Å². The summed E-state index contributed by atoms with van der Waals surface area (Å²) in [4.78, 5) is 0.325. The quantitative estimate of drug-likeness (QED) is 0.835. The first-order chi connectivity index (χ1) is 9.50. The normalized spacial score (nSPS) is 19.4. The molecule has 0 bridgehead atoms. The summed E-state index contributed by atoms with van der Waals surface area (Å²) in [5.41, 5.74) is 0.959. The SMILES string of the molecule is CN(C)S(=O)(=O)c1ccc(NCC[C@@H]2CCCN2)cc1. The molecule has 0 unspecified atom stereocenters. The lowest BCUT2D eigenvalue weighted by atomic mass is 10.1. The fraction of sp³-hybridized carbons (Fsp3) is 0.571. The molecule has 0 aliphatic carbocycles. The Labute approximate surface area is 121 Å². The van der Waals surface area contributed by atoms with Gasteiger partial charge in [0, 0.05) is 32.4 Å². The van der Waals surface area contributed by atoms with Crippen LogP contribution in [0.25, 0.3) is 0 Å². The van der Waals surface area contributed by atoms with Gasteiger partial charge in [-0.1, -0.05) is 0 Å². The molecule has 1 fully saturated rings. The molecular formula is C14H23N3O2S. The molecule has 0 radical (unpaired) electrons. The summed E-state index contributed by atoms with van der Waals surface area (Å²) in [7, 11) is -0.256. The molecule has 6 heteroatoms. The summed E-state index contributed by atoms with van der Waals surface area (Å²) >= 11 is 0. The second kappa shape index (κ2) is 6.56. The standard InChI is InChI=1S/C14H23N3O2S/c1-17(2)20(18,19)14-7-5-13(6-8-14)16-11-9-12-4-3-10-15-12/h5-8,12,15-16H,3-4,9-11H2,1-2H3/t12-/m0/s1. The minimum atomic E-state index is -3.33. The molecule has 1 aliphatic heterocycles. The van der Waals surface area contributed by atoms with E-state index >= 15 is 0 Å². The molecule has 0 amide bonds. The number of hydrogen-bond donors (Lipinski definition) is 2. The van der Waals surface area contributed by atoms with Gasteiger partial charge in [-0.3, -0.25) is 0 Å². The maximum Gasteiger partial charge on any atom is 0.242 e. The van der Waals surface area contributed by atoms with Crippen LogP contribution in [0, 0.1) is 0 Å². The third kappa shape index (κ3) is 3.71. The number of rotatable bonds is 6. The number of sulfonamides is 1. The van der Waals surface area contributed by atoms with E-state index in [-0.39, 0.29) is 0 Å². The summed E-state index contributed by atoms with van der Waals surface area (Å²) in [5.74, 6) is 0. The van der Waals surface area contributed by atoms with E-state index in [9.17, 15) is 8.42 Å². The van der Waals surface area contributed by atoms with Crippen molar-refractivity contribution in [1.29, 1.82) is 0 Å². The maximum atomic E-state index is 11.9. The molecule has 1 heterocycles. The number of nitrogens with one attached hydrogen (secondary N) is 2. The minimum Gasteiger partial charge on any atom is -0.385 e. The summed E-state index contributed by atoms with van der Waals surface area (Å²) in [6.45, 7) is 2.03. The van der Waals surface area contributed by atoms with Crippen LogP contribution in [-0.4, -0.2) is 45.9 Å². The zero-order valence-corrected chi connectivity index (χ0v) is 12.9. The summed E-state index contributed by atoms with van der Waals surface area (Å²) in [6, 6.07) is 7.55. The van der Waals surface area contributed by atoms with Crippen molar-refractivity contribution in [2.75, 3.05) is 32.5 Å². The van der Waals surface area contributed by atoms with Gasteiger partial charge in [-0.15, -0.1) is 0 Å². The number of nitrogens with zero attached hydrogens (tertiary/aromatic N) is 1. The topological polar surface area (TPSA) is 61.4 Å². The van der Waals surface area contributed by atoms with Crippen LogP contribution in [0.4, 0.5) is 5.69 Å². The second-order valence-corrected chi connectivity index (χ2v) is 7.47. The lowest BCUT2D eigenvalue weighted by Crippen LogP contribution is -2.24. The van der Waals surface area contributed by atoms with E-state index in [1.54, 1.807) is 12.1 Å². The zero-order chi connectivity index (χ0) is 14.6. The van der Waals surface area contributed by atoms with Gasteiger partial charge in [0.25, 0.3) is 0 Å². The van der Waals surface area contributed by atoms with Crippen LogP contribution in [0.2, 0.25) is 0 Å². The van der Waals surface area contributed by atoms with Crippen molar-refractivity contribution >= 4 is 15.7 Å². The summed E-state index contributed by atoms with van der Waals surface area (Å²) < 4.78 is 25.1. The van der Waals surface area contributed by atoms with Crippen LogP contribution in [-0.2, 0) is 10.0 Å². The molecule has 112 valence electrons. The van der Waals surface area contributed by atoms with Crippen molar-refractivity contribution in [3.8, 4) is 0 Å². The minimum absolute atomic E-state index is 0.325. The van der Waals surface area contributed by atoms with E-state index in [4.69, 9.17) is 0 Å². The van der Waals surface area contributed by atoms with Crippen molar-refractivity contribution in [1.82, 2.24) is 9.62 Å². The van der Waals surface area contributed by atoms with Crippen LogP contribution in [0.15, 0.2) is 29.2 Å². The molecule has 1 aromatic carbocycles. The Hall–Kier alpha value is -1.11. The van der Waals surface area contributed by atoms with Crippen LogP contribution in [0.3, 0.4) is 0 Å². The monoisotopic (exact) mass is 297 g/mol. The van der Waals surface area contributed by atoms with E-state index in [0.717, 1.165) is 25.2 Å². The van der Waals surface area contributed by atoms with Crippen molar-refractivity contribution in [2.24, 2.45) is 0 Å². The number of anilines is 1. The highest BCUT2D eigenvalue weighted by Crippen LogP contribution is 2.17. The fourth-order valence-electron chi connectivity index (χ4n) is 2.35. The molecular weight excluding hydrogens is 274 g/mol. The van der Waals surface area contributed by atoms with Gasteiger partial charge in [-0.25, -0.2) is 12.7 Å². The van der Waals surface area contributed by atoms with Gasteiger partial charge in [-0.05, 0) is 50.1 Å². The van der Waals surface area contributed by atoms with Gasteiger partial charge in [0.15, 0.2) is 0 Å². The van der Waals surface area contributed by atoms with E-state index in [1.807, 2.05) is 12.1 Å². The van der Waals surface area contributed by atoms with Gasteiger partial charge in [0.1, 0.15) is 0 Å². The Morgan fingerprint density at radius 1 is 1.30 bits per heavy atom. The van der Waals surface area contributed by atoms with Crippen molar-refractivity contribution in [3.05, 3.63) is 24.3 Å². The van der Waals surface area contributed by atoms with Gasteiger partial charge in [0.05, 0.1) is 4.90 Å². The first kappa shape index (κ1) is 15.3. The van der Waals surface area contributed by atoms with E-state index in [1.165, 1.54) is 31.2 Å². The van der Waals surface area contributed by atoms with Gasteiger partial charge < -0.3 is 10.6 Å². The molecule has 0 spiro atoms. The van der Waals surface area contributed by atoms with E-state index in [0.29, 0.717) is 10.9 Å². The lowest BCUT2D eigenvalue weighted by Gasteiger charge is -2.13. The molecule has 20 heavy (non-hydrogen) atoms. The summed E-state index contributed by atoms with van der Waals surface area (Å²) in [6.07, 6.45) is 3.61. The second-order valence-electron chi connectivity index (χ2n) is 5.32. The highest BCUT2D eigenvalue weighted by atomic mass is 32.2. The van der Waals surface area contributed by atoms with E-state index in [2.05, 4.69) is 10.6 Å². The molecule has 1 aliphatic rings. The van der Waals surface area contributed by atoms with Gasteiger partial charge in [-0.2, -0.15) is 0 Å². The average Bonchev–Trinajstić information content (AvgIpc) is 2.92. The molecule has 5 nitrogen and oxygen atoms in total. The van der Waals surface area contributed by atoms with Crippen molar-refractivity contribution in [2.45, 2.75) is 30.2 Å². The maximum absolute atomic E-state index is 11.9. The predicted molar refractivity (Wildman–Crippen MR) is 81.4 cm³/mol. The number of benzene rings is 1. The van der Waals surface area contributed by atoms with Gasteiger partial charge in [0.2, 0.25) is 10.0 Å². The van der Waals surface area contributed by atoms with Crippen LogP contribution in [0.5, 0.6) is 0 Å². The third-order valence-electron chi connectivity index (χ3n) is 3.62. The van der Waals surface area contributed by atoms with Crippen LogP contribution in [0.1, 0.15) is 19.3 Å². The Balaban J connectivity index is 1.88. The predicted octanol–water partition coefficient (Wildman–Crippen LogP) is 1.49. The first-order valence-electron chi connectivity index (χ1n) is 7.00. The fourth-order valence-corrected chi connectivity index (χ4v) is 3.25. The lowest BCUT2D eigenvalue weighted by molar-refractivity contribution is 0.521. The molecule has 2 N–H and O–H groups in total. The van der Waals surface area contributed by atoms with Gasteiger partial charge >= 0.3 is 0 Å². The van der Waals surface area contributed by atoms with Crippen LogP contribution < -0.4 is 10.6 Å². The molecule has 2 rings (SSSR count). The van der Waals surface area contributed by atoms with E-state index < -0.39 is 10.0 Å². The Kier molecular flexibility index (Phi) is 5.01. The van der Waals surface area contributed by atoms with Crippen LogP contribution >= 0.6 is 0 Å². The summed E-state index contributed by atoms with van der Waals surface area (Å²) in [5, 5.41) is 6.79. The Morgan fingerprint density at radius 3 is 2.55 bits per heavy atom. The average molecular weight is 297 g/mol. The molecule has 1 saturated heterocycles. The molecule has 0 saturated carbocycles. The molecule has 1 atom stereocenters. The highest BCUT2D eigenvalue weighted by Gasteiger charge is 2.16. The number of hydrogen-bond acceptors (Lipinski definition) is 4. The zero-order valence-electron chi connectivity index (χ0n) is 12.1. The molecule has 1 aromatic rings. The Bertz CT molecular complexity index is 520. The van der Waals surface area contributed by atoms with Crippen molar-refractivity contribution < 1.29 is 8.42 Å². The Morgan fingerprint density at radius 2 is 2.00 bits per heavy atom. The highest BCUT2D eigenvalue weighted by molar-refractivity contribution is 7.89. The first-order valence-corrected chi connectivity index (χ1v) is 8.44.